The van der Waals surface area contributed by atoms with E-state index in [4.69, 9.17) is 22.4 Å². The standard InChI is InChI=1S/C11H11ClFN5/c12-8-3-1-4-9(13)11(8)10(7-14)16-5-2-6-17-18-15/h1,3-4,10,16H,2,5-6H2. The van der Waals surface area contributed by atoms with Crippen LogP contribution in [0.15, 0.2) is 23.3 Å². The first-order valence-corrected chi connectivity index (χ1v) is 5.66. The van der Waals surface area contributed by atoms with Crippen molar-refractivity contribution in [2.75, 3.05) is 13.1 Å². The molecule has 0 fully saturated rings. The molecule has 0 aliphatic carbocycles. The van der Waals surface area contributed by atoms with E-state index in [0.29, 0.717) is 19.5 Å². The minimum absolute atomic E-state index is 0.144. The molecule has 0 saturated heterocycles. The maximum atomic E-state index is 13.6. The zero-order chi connectivity index (χ0) is 13.4. The lowest BCUT2D eigenvalue weighted by Crippen LogP contribution is -2.22. The maximum absolute atomic E-state index is 13.6. The molecule has 18 heavy (non-hydrogen) atoms. The van der Waals surface area contributed by atoms with Gasteiger partial charge in [-0.15, -0.1) is 0 Å². The Morgan fingerprint density at radius 2 is 2.39 bits per heavy atom. The quantitative estimate of drug-likeness (QED) is 0.371. The molecule has 0 radical (unpaired) electrons. The zero-order valence-corrected chi connectivity index (χ0v) is 10.2. The van der Waals surface area contributed by atoms with Crippen LogP contribution in [0.1, 0.15) is 18.0 Å². The summed E-state index contributed by atoms with van der Waals surface area (Å²) in [6.45, 7) is 0.758. The lowest BCUT2D eigenvalue weighted by atomic mass is 10.1. The largest absolute Gasteiger partial charge is 0.298 e. The third kappa shape index (κ3) is 3.90. The van der Waals surface area contributed by atoms with E-state index in [2.05, 4.69) is 15.3 Å². The molecule has 7 heteroatoms. The molecule has 1 unspecified atom stereocenters. The van der Waals surface area contributed by atoms with Crippen molar-refractivity contribution in [3.8, 4) is 6.07 Å². The van der Waals surface area contributed by atoms with E-state index in [1.165, 1.54) is 18.2 Å². The fourth-order valence-electron chi connectivity index (χ4n) is 1.44. The van der Waals surface area contributed by atoms with E-state index >= 15 is 0 Å². The summed E-state index contributed by atoms with van der Waals surface area (Å²) in [6.07, 6.45) is 0.564. The third-order valence-electron chi connectivity index (χ3n) is 2.26. The molecule has 0 aliphatic heterocycles. The number of hydrogen-bond donors (Lipinski definition) is 1. The monoisotopic (exact) mass is 267 g/mol. The molecule has 1 atom stereocenters. The van der Waals surface area contributed by atoms with Crippen LogP contribution in [0.25, 0.3) is 10.4 Å². The van der Waals surface area contributed by atoms with Crippen molar-refractivity contribution in [2.24, 2.45) is 5.11 Å². The highest BCUT2D eigenvalue weighted by Crippen LogP contribution is 2.25. The lowest BCUT2D eigenvalue weighted by molar-refractivity contribution is 0.556. The number of halogens is 2. The van der Waals surface area contributed by atoms with Crippen molar-refractivity contribution in [1.29, 1.82) is 5.26 Å². The van der Waals surface area contributed by atoms with Crippen LogP contribution in [0.2, 0.25) is 5.02 Å². The Hall–Kier alpha value is -1.80. The molecule has 1 aromatic rings. The van der Waals surface area contributed by atoms with Crippen LogP contribution in [0.5, 0.6) is 0 Å². The lowest BCUT2D eigenvalue weighted by Gasteiger charge is -2.13. The van der Waals surface area contributed by atoms with Gasteiger partial charge in [-0.05, 0) is 30.6 Å². The normalized spacial score (nSPS) is 11.4. The van der Waals surface area contributed by atoms with Gasteiger partial charge in [0.1, 0.15) is 11.9 Å². The molecular weight excluding hydrogens is 257 g/mol. The first-order valence-electron chi connectivity index (χ1n) is 5.28. The molecule has 0 aromatic heterocycles. The fourth-order valence-corrected chi connectivity index (χ4v) is 1.71. The summed E-state index contributed by atoms with van der Waals surface area (Å²) in [5.41, 5.74) is 8.23. The minimum atomic E-state index is -0.815. The average Bonchev–Trinajstić information content (AvgIpc) is 2.36. The molecule has 1 rings (SSSR count). The van der Waals surface area contributed by atoms with Gasteiger partial charge in [0.2, 0.25) is 0 Å². The number of nitriles is 1. The highest BCUT2D eigenvalue weighted by atomic mass is 35.5. The van der Waals surface area contributed by atoms with E-state index in [1.807, 2.05) is 6.07 Å². The van der Waals surface area contributed by atoms with Gasteiger partial charge in [0.25, 0.3) is 0 Å². The van der Waals surface area contributed by atoms with Crippen molar-refractivity contribution in [3.63, 3.8) is 0 Å². The number of azide groups is 1. The van der Waals surface area contributed by atoms with Crippen LogP contribution in [0, 0.1) is 17.1 Å². The van der Waals surface area contributed by atoms with E-state index in [0.717, 1.165) is 0 Å². The molecule has 0 amide bonds. The fraction of sp³-hybridized carbons (Fsp3) is 0.364. The molecular formula is C11H11ClFN5. The van der Waals surface area contributed by atoms with Crippen molar-refractivity contribution in [1.82, 2.24) is 5.32 Å². The van der Waals surface area contributed by atoms with Gasteiger partial charge in [0.05, 0.1) is 6.07 Å². The highest BCUT2D eigenvalue weighted by molar-refractivity contribution is 6.31. The number of nitrogens with zero attached hydrogens (tertiary/aromatic N) is 4. The van der Waals surface area contributed by atoms with Gasteiger partial charge in [-0.1, -0.05) is 22.8 Å². The van der Waals surface area contributed by atoms with Crippen molar-refractivity contribution < 1.29 is 4.39 Å². The molecule has 0 spiro atoms. The summed E-state index contributed by atoms with van der Waals surface area (Å²) in [6, 6.07) is 5.41. The van der Waals surface area contributed by atoms with Gasteiger partial charge in [-0.2, -0.15) is 5.26 Å². The van der Waals surface area contributed by atoms with Crippen LogP contribution in [0.3, 0.4) is 0 Å². The predicted molar refractivity (Wildman–Crippen MR) is 66.4 cm³/mol. The number of hydrogen-bond acceptors (Lipinski definition) is 3. The summed E-state index contributed by atoms with van der Waals surface area (Å²) in [7, 11) is 0. The molecule has 5 nitrogen and oxygen atoms in total. The Morgan fingerprint density at radius 1 is 1.61 bits per heavy atom. The third-order valence-corrected chi connectivity index (χ3v) is 2.59. The van der Waals surface area contributed by atoms with E-state index < -0.39 is 11.9 Å². The number of nitrogens with one attached hydrogen (secondary N) is 1. The van der Waals surface area contributed by atoms with Crippen LogP contribution in [0.4, 0.5) is 4.39 Å². The second-order valence-corrected chi connectivity index (χ2v) is 3.87. The van der Waals surface area contributed by atoms with Crippen molar-refractivity contribution in [3.05, 3.63) is 45.0 Å². The summed E-state index contributed by atoms with van der Waals surface area (Å²) in [5.74, 6) is -0.517. The maximum Gasteiger partial charge on any atom is 0.130 e. The summed E-state index contributed by atoms with van der Waals surface area (Å²) < 4.78 is 13.6. The second-order valence-electron chi connectivity index (χ2n) is 3.46. The Bertz CT molecular complexity index is 472. The second kappa shape index (κ2) is 7.51. The van der Waals surface area contributed by atoms with Gasteiger partial charge in [-0.3, -0.25) is 5.32 Å². The Kier molecular flexibility index (Phi) is 5.95. The van der Waals surface area contributed by atoms with Crippen LogP contribution < -0.4 is 5.32 Å². The van der Waals surface area contributed by atoms with Gasteiger partial charge in [0, 0.05) is 22.0 Å². The SMILES string of the molecule is N#CC(NCCCN=[N+]=[N-])c1c(F)cccc1Cl. The van der Waals surface area contributed by atoms with Gasteiger partial charge < -0.3 is 0 Å². The summed E-state index contributed by atoms with van der Waals surface area (Å²) >= 11 is 5.87. The van der Waals surface area contributed by atoms with Gasteiger partial charge >= 0.3 is 0 Å². The molecule has 0 aliphatic rings. The number of rotatable bonds is 6. The smallest absolute Gasteiger partial charge is 0.130 e. The summed E-state index contributed by atoms with van der Waals surface area (Å²) in [5, 5.41) is 15.4. The Labute approximate surface area is 109 Å². The van der Waals surface area contributed by atoms with Crippen LogP contribution in [-0.4, -0.2) is 13.1 Å². The van der Waals surface area contributed by atoms with Gasteiger partial charge in [-0.25, -0.2) is 4.39 Å². The van der Waals surface area contributed by atoms with Crippen LogP contribution >= 0.6 is 11.6 Å². The highest BCUT2D eigenvalue weighted by Gasteiger charge is 2.17. The van der Waals surface area contributed by atoms with E-state index in [1.54, 1.807) is 0 Å². The molecule has 1 aromatic carbocycles. The Balaban J connectivity index is 2.67. The predicted octanol–water partition coefficient (Wildman–Crippen LogP) is 3.33. The molecule has 94 valence electrons. The topological polar surface area (TPSA) is 84.6 Å². The summed E-state index contributed by atoms with van der Waals surface area (Å²) in [4.78, 5) is 2.61. The first kappa shape index (κ1) is 14.3. The van der Waals surface area contributed by atoms with Crippen molar-refractivity contribution in [2.45, 2.75) is 12.5 Å². The van der Waals surface area contributed by atoms with Gasteiger partial charge in [0.15, 0.2) is 0 Å². The zero-order valence-electron chi connectivity index (χ0n) is 9.48. The van der Waals surface area contributed by atoms with E-state index in [-0.39, 0.29) is 10.6 Å². The minimum Gasteiger partial charge on any atom is -0.298 e. The molecule has 0 bridgehead atoms. The van der Waals surface area contributed by atoms with E-state index in [9.17, 15) is 4.39 Å². The van der Waals surface area contributed by atoms with Crippen molar-refractivity contribution >= 4 is 11.6 Å². The average molecular weight is 268 g/mol. The van der Waals surface area contributed by atoms with Crippen LogP contribution in [-0.2, 0) is 0 Å². The molecule has 0 heterocycles. The molecule has 1 N–H and O–H groups in total. The number of benzene rings is 1. The molecule has 0 saturated carbocycles. The first-order chi connectivity index (χ1) is 8.70. The Morgan fingerprint density at radius 3 is 3.00 bits per heavy atom.